The van der Waals surface area contributed by atoms with Gasteiger partial charge in [0, 0.05) is 59.3 Å². The molecule has 13 rings (SSSR count). The van der Waals surface area contributed by atoms with Crippen LogP contribution in [0.4, 0.5) is 17.1 Å². The molecule has 2 aliphatic rings. The lowest BCUT2D eigenvalue weighted by Gasteiger charge is -2.41. The van der Waals surface area contributed by atoms with E-state index in [0.717, 1.165) is 27.6 Å². The van der Waals surface area contributed by atoms with Crippen LogP contribution in [0.5, 0.6) is 0 Å². The van der Waals surface area contributed by atoms with Gasteiger partial charge in [-0.05, 0) is 104 Å². The van der Waals surface area contributed by atoms with Crippen LogP contribution in [-0.2, 0) is 10.8 Å². The van der Waals surface area contributed by atoms with Crippen LogP contribution in [0.3, 0.4) is 0 Å². The molecule has 2 aliphatic heterocycles. The van der Waals surface area contributed by atoms with Gasteiger partial charge in [-0.15, -0.1) is 11.3 Å². The highest BCUT2D eigenvalue weighted by Crippen LogP contribution is 2.53. The number of benzene rings is 8. The van der Waals surface area contributed by atoms with Crippen LogP contribution >= 0.6 is 11.3 Å². The van der Waals surface area contributed by atoms with Crippen molar-refractivity contribution < 1.29 is 4.42 Å². The Morgan fingerprint density at radius 2 is 1.26 bits per heavy atom. The zero-order chi connectivity index (χ0) is 41.1. The molecule has 3 nitrogen and oxygen atoms in total. The average molecular weight is 803 g/mol. The van der Waals surface area contributed by atoms with Gasteiger partial charge in [-0.3, -0.25) is 0 Å². The van der Waals surface area contributed by atoms with Gasteiger partial charge in [0.2, 0.25) is 0 Å². The molecule has 0 aliphatic carbocycles. The third-order valence-corrected chi connectivity index (χ3v) is 14.8. The van der Waals surface area contributed by atoms with Gasteiger partial charge in [-0.2, -0.15) is 0 Å². The Morgan fingerprint density at radius 3 is 2.08 bits per heavy atom. The van der Waals surface area contributed by atoms with E-state index in [1.807, 2.05) is 11.3 Å². The molecule has 0 bridgehead atoms. The lowest BCUT2D eigenvalue weighted by atomic mass is 9.45. The second-order valence-corrected chi connectivity index (χ2v) is 20.4. The van der Waals surface area contributed by atoms with E-state index in [2.05, 4.69) is 203 Å². The van der Waals surface area contributed by atoms with Crippen molar-refractivity contribution in [1.29, 1.82) is 0 Å². The van der Waals surface area contributed by atoms with E-state index in [4.69, 9.17) is 4.42 Å². The number of fused-ring (bicyclic) bond motifs is 14. The second kappa shape index (κ2) is 12.1. The van der Waals surface area contributed by atoms with Crippen molar-refractivity contribution in [2.75, 3.05) is 4.90 Å². The summed E-state index contributed by atoms with van der Waals surface area (Å²) in [6, 6.07) is 57.0. The standard InChI is InChI=1S/C56H43BN2OS/c1-55(2,3)34-24-26-45-39(28-34)41-29-35(56(4,5)6)30-42-40-31-43-37-18-11-13-22-49(37)61-54(43)52-50(40)57(59(45)51(41)42)44-25-23-33(32-15-8-7-9-16-32)27-47(44)58(52)46-20-14-19-38-36-17-10-12-21-48(36)60-53(38)46/h7-31H,1-6H3. The third-order valence-electron chi connectivity index (χ3n) is 13.7. The lowest BCUT2D eigenvalue weighted by Crippen LogP contribution is -2.56. The summed E-state index contributed by atoms with van der Waals surface area (Å²) in [5.74, 6) is 0. The van der Waals surface area contributed by atoms with Crippen LogP contribution in [0.1, 0.15) is 52.7 Å². The Balaban J connectivity index is 1.25. The predicted octanol–water partition coefficient (Wildman–Crippen LogP) is 14.7. The Bertz CT molecular complexity index is 3690. The number of aromatic nitrogens is 1. The largest absolute Gasteiger partial charge is 0.454 e. The van der Waals surface area contributed by atoms with Crippen molar-refractivity contribution in [3.05, 3.63) is 163 Å². The van der Waals surface area contributed by atoms with Crippen molar-refractivity contribution in [2.45, 2.75) is 52.4 Å². The zero-order valence-electron chi connectivity index (χ0n) is 35.2. The molecule has 5 heteroatoms. The Kier molecular flexibility index (Phi) is 6.96. The number of anilines is 3. The summed E-state index contributed by atoms with van der Waals surface area (Å²) in [5, 5.41) is 7.52. The summed E-state index contributed by atoms with van der Waals surface area (Å²) in [6.45, 7) is 14.0. The predicted molar refractivity (Wildman–Crippen MR) is 263 cm³/mol. The molecular formula is C56H43BN2OS. The SMILES string of the molecule is CC(C)(C)c1ccc2c(c1)c1cc(C(C)(C)C)cc3c1n2B1c2ccc(-c4ccccc4)cc2N(c2cccc4c2oc2ccccc24)c2c1c-3cc1c2sc2ccccc21. The van der Waals surface area contributed by atoms with Gasteiger partial charge >= 0.3 is 6.85 Å². The molecule has 0 N–H and O–H groups in total. The lowest BCUT2D eigenvalue weighted by molar-refractivity contribution is 0.590. The molecule has 0 spiro atoms. The number of hydrogen-bond donors (Lipinski definition) is 0. The maximum atomic E-state index is 6.95. The molecule has 0 unspecified atom stereocenters. The van der Waals surface area contributed by atoms with Gasteiger partial charge in [0.1, 0.15) is 5.58 Å². The number of furan rings is 1. The number of rotatable bonds is 2. The van der Waals surface area contributed by atoms with Gasteiger partial charge in [-0.25, -0.2) is 0 Å². The van der Waals surface area contributed by atoms with Crippen LogP contribution in [0, 0.1) is 0 Å². The van der Waals surface area contributed by atoms with Crippen LogP contribution in [0.25, 0.3) is 86.2 Å². The fraction of sp³-hybridized carbons (Fsp3) is 0.143. The highest BCUT2D eigenvalue weighted by molar-refractivity contribution is 7.26. The first-order valence-electron chi connectivity index (χ1n) is 21.5. The van der Waals surface area contributed by atoms with Crippen molar-refractivity contribution in [3.63, 3.8) is 0 Å². The molecule has 0 saturated heterocycles. The highest BCUT2D eigenvalue weighted by atomic mass is 32.1. The van der Waals surface area contributed by atoms with Gasteiger partial charge in [-0.1, -0.05) is 139 Å². The molecule has 3 aromatic heterocycles. The van der Waals surface area contributed by atoms with Gasteiger partial charge in [0.25, 0.3) is 0 Å². The van der Waals surface area contributed by atoms with E-state index >= 15 is 0 Å². The molecule has 61 heavy (non-hydrogen) atoms. The summed E-state index contributed by atoms with van der Waals surface area (Å²) in [5.41, 5.74) is 18.2. The molecule has 0 fully saturated rings. The normalized spacial score (nSPS) is 13.7. The minimum Gasteiger partial charge on any atom is -0.454 e. The van der Waals surface area contributed by atoms with Crippen LogP contribution < -0.4 is 15.8 Å². The first-order chi connectivity index (χ1) is 29.5. The van der Waals surface area contributed by atoms with E-state index in [-0.39, 0.29) is 17.7 Å². The van der Waals surface area contributed by atoms with E-state index in [1.54, 1.807) is 0 Å². The van der Waals surface area contributed by atoms with Crippen LogP contribution in [-0.4, -0.2) is 11.3 Å². The maximum absolute atomic E-state index is 6.95. The first-order valence-corrected chi connectivity index (χ1v) is 22.4. The monoisotopic (exact) mass is 802 g/mol. The fourth-order valence-corrected chi connectivity index (χ4v) is 11.8. The quantitative estimate of drug-likeness (QED) is 0.162. The van der Waals surface area contributed by atoms with E-state index in [9.17, 15) is 0 Å². The molecule has 292 valence electrons. The molecule has 11 aromatic rings. The van der Waals surface area contributed by atoms with E-state index in [1.165, 1.54) is 97.7 Å². The maximum Gasteiger partial charge on any atom is 0.333 e. The average Bonchev–Trinajstić information content (AvgIpc) is 3.94. The number of thiophene rings is 1. The molecule has 0 atom stereocenters. The molecule has 8 aromatic carbocycles. The molecular weight excluding hydrogens is 760 g/mol. The molecule has 0 radical (unpaired) electrons. The van der Waals surface area contributed by atoms with Crippen molar-refractivity contribution in [2.24, 2.45) is 0 Å². The summed E-state index contributed by atoms with van der Waals surface area (Å²) in [4.78, 5) is 2.58. The minimum atomic E-state index is -0.0703. The molecule has 0 saturated carbocycles. The van der Waals surface area contributed by atoms with E-state index < -0.39 is 0 Å². The highest BCUT2D eigenvalue weighted by Gasteiger charge is 2.45. The van der Waals surface area contributed by atoms with E-state index in [0.29, 0.717) is 0 Å². The van der Waals surface area contributed by atoms with Gasteiger partial charge in [0.05, 0.1) is 16.1 Å². The Morgan fingerprint density at radius 1 is 0.525 bits per heavy atom. The third kappa shape index (κ3) is 4.81. The minimum absolute atomic E-state index is 0.0122. The second-order valence-electron chi connectivity index (χ2n) is 19.3. The smallest absolute Gasteiger partial charge is 0.333 e. The first kappa shape index (κ1) is 35.2. The van der Waals surface area contributed by atoms with Crippen molar-refractivity contribution in [3.8, 4) is 22.3 Å². The fourth-order valence-electron chi connectivity index (χ4n) is 10.6. The zero-order valence-corrected chi connectivity index (χ0v) is 36.0. The number of para-hydroxylation sites is 2. The van der Waals surface area contributed by atoms with Gasteiger partial charge < -0.3 is 13.8 Å². The molecule has 0 amide bonds. The van der Waals surface area contributed by atoms with Crippen molar-refractivity contribution in [1.82, 2.24) is 4.48 Å². The summed E-state index contributed by atoms with van der Waals surface area (Å²) in [6.07, 6.45) is 0. The van der Waals surface area contributed by atoms with Crippen LogP contribution in [0.2, 0.25) is 0 Å². The Hall–Kier alpha value is -6.56. The van der Waals surface area contributed by atoms with Gasteiger partial charge in [0.15, 0.2) is 5.58 Å². The topological polar surface area (TPSA) is 21.3 Å². The summed E-state index contributed by atoms with van der Waals surface area (Å²) in [7, 11) is 0. The van der Waals surface area contributed by atoms with Crippen molar-refractivity contribution >= 4 is 110 Å². The Labute approximate surface area is 359 Å². The van der Waals surface area contributed by atoms with Crippen LogP contribution in [0.15, 0.2) is 156 Å². The number of hydrogen-bond acceptors (Lipinski definition) is 3. The summed E-state index contributed by atoms with van der Waals surface area (Å²) >= 11 is 1.92. The number of nitrogens with zero attached hydrogens (tertiary/aromatic N) is 2. The molecule has 5 heterocycles. The summed E-state index contributed by atoms with van der Waals surface area (Å²) < 4.78 is 12.3.